The van der Waals surface area contributed by atoms with Crippen molar-refractivity contribution < 1.29 is 9.53 Å². The molecule has 1 amide bonds. The average Bonchev–Trinajstić information content (AvgIpc) is 2.49. The monoisotopic (exact) mass is 357 g/mol. The largest absolute Gasteiger partial charge is 0.444 e. The van der Waals surface area contributed by atoms with E-state index < -0.39 is 11.7 Å². The predicted molar refractivity (Wildman–Crippen MR) is 105 cm³/mol. The third-order valence-electron chi connectivity index (χ3n) is 3.38. The Bertz CT molecular complexity index is 378. The Morgan fingerprint density at radius 3 is 2.08 bits per heavy atom. The van der Waals surface area contributed by atoms with Gasteiger partial charge in [0.2, 0.25) is 0 Å². The van der Waals surface area contributed by atoms with Crippen LogP contribution in [0, 0.1) is 0 Å². The molecule has 0 saturated heterocycles. The van der Waals surface area contributed by atoms with Gasteiger partial charge in [0.25, 0.3) is 0 Å². The molecule has 7 heteroatoms. The molecule has 0 atom stereocenters. The molecule has 0 heterocycles. The van der Waals surface area contributed by atoms with Gasteiger partial charge in [0.05, 0.1) is 0 Å². The molecule has 0 aromatic carbocycles. The second-order valence-electron chi connectivity index (χ2n) is 7.43. The summed E-state index contributed by atoms with van der Waals surface area (Å²) in [6.45, 7) is 8.71. The van der Waals surface area contributed by atoms with E-state index in [1.165, 1.54) is 32.2 Å². The third kappa shape index (κ3) is 17.1. The van der Waals surface area contributed by atoms with Gasteiger partial charge in [0, 0.05) is 26.7 Å². The van der Waals surface area contributed by atoms with Gasteiger partial charge in [0.1, 0.15) is 5.60 Å². The molecule has 25 heavy (non-hydrogen) atoms. The fourth-order valence-corrected chi connectivity index (χ4v) is 2.17. The van der Waals surface area contributed by atoms with Gasteiger partial charge in [-0.1, -0.05) is 19.3 Å². The van der Waals surface area contributed by atoms with E-state index in [0.717, 1.165) is 18.9 Å². The standard InChI is InChI=1S/C18H39N5O2/c1-18(2,3)25-17(24)22-14-13-21-16(19-4)20-12-10-8-7-9-11-15-23(5)6/h7-15H2,1-6H3,(H,22,24)(H2,19,20,21). The van der Waals surface area contributed by atoms with Crippen LogP contribution in [0.25, 0.3) is 0 Å². The van der Waals surface area contributed by atoms with Crippen LogP contribution in [0.2, 0.25) is 0 Å². The fraction of sp³-hybridized carbons (Fsp3) is 0.889. The van der Waals surface area contributed by atoms with Gasteiger partial charge in [-0.25, -0.2) is 4.79 Å². The van der Waals surface area contributed by atoms with Crippen molar-refractivity contribution in [2.75, 3.05) is 47.3 Å². The summed E-state index contributed by atoms with van der Waals surface area (Å²) in [6, 6.07) is 0. The second kappa shape index (κ2) is 13.8. The number of nitrogens with one attached hydrogen (secondary N) is 3. The Kier molecular flexibility index (Phi) is 12.9. The highest BCUT2D eigenvalue weighted by Gasteiger charge is 2.15. The van der Waals surface area contributed by atoms with E-state index in [1.54, 1.807) is 7.05 Å². The molecule has 0 bridgehead atoms. The number of amides is 1. The minimum atomic E-state index is -0.471. The predicted octanol–water partition coefficient (Wildman–Crippen LogP) is 2.19. The zero-order valence-electron chi connectivity index (χ0n) is 17.1. The molecule has 0 aliphatic rings. The van der Waals surface area contributed by atoms with Crippen LogP contribution >= 0.6 is 0 Å². The van der Waals surface area contributed by atoms with Crippen molar-refractivity contribution in [2.45, 2.75) is 58.5 Å². The number of ether oxygens (including phenoxy) is 1. The van der Waals surface area contributed by atoms with Crippen LogP contribution in [0.3, 0.4) is 0 Å². The molecule has 0 aromatic rings. The lowest BCUT2D eigenvalue weighted by atomic mass is 10.1. The van der Waals surface area contributed by atoms with Crippen molar-refractivity contribution in [1.82, 2.24) is 20.9 Å². The number of carbonyl (C=O) groups is 1. The number of aliphatic imine (C=N–C) groups is 1. The fourth-order valence-electron chi connectivity index (χ4n) is 2.17. The first kappa shape index (κ1) is 23.5. The second-order valence-corrected chi connectivity index (χ2v) is 7.43. The molecule has 0 aromatic heterocycles. The molecule has 0 fully saturated rings. The van der Waals surface area contributed by atoms with E-state index in [2.05, 4.69) is 39.9 Å². The minimum absolute atomic E-state index is 0.397. The third-order valence-corrected chi connectivity index (χ3v) is 3.38. The number of hydrogen-bond donors (Lipinski definition) is 3. The number of unbranched alkanes of at least 4 members (excludes halogenated alkanes) is 4. The quantitative estimate of drug-likeness (QED) is 0.300. The van der Waals surface area contributed by atoms with Crippen LogP contribution in [0.15, 0.2) is 4.99 Å². The summed E-state index contributed by atoms with van der Waals surface area (Å²) in [6.07, 6.45) is 5.82. The molecule has 3 N–H and O–H groups in total. The van der Waals surface area contributed by atoms with E-state index in [0.29, 0.717) is 13.1 Å². The Morgan fingerprint density at radius 1 is 0.920 bits per heavy atom. The summed E-state index contributed by atoms with van der Waals surface area (Å²) < 4.78 is 5.18. The first-order chi connectivity index (χ1) is 11.7. The van der Waals surface area contributed by atoms with Crippen LogP contribution in [0.1, 0.15) is 52.9 Å². The lowest BCUT2D eigenvalue weighted by Crippen LogP contribution is -2.42. The van der Waals surface area contributed by atoms with E-state index in [4.69, 9.17) is 4.74 Å². The van der Waals surface area contributed by atoms with Gasteiger partial charge < -0.3 is 25.6 Å². The molecule has 0 rings (SSSR count). The van der Waals surface area contributed by atoms with Crippen molar-refractivity contribution >= 4 is 12.1 Å². The topological polar surface area (TPSA) is 78.0 Å². The molecule has 0 aliphatic carbocycles. The average molecular weight is 358 g/mol. The molecular weight excluding hydrogens is 318 g/mol. The molecule has 148 valence electrons. The minimum Gasteiger partial charge on any atom is -0.444 e. The maximum Gasteiger partial charge on any atom is 0.407 e. The summed E-state index contributed by atoms with van der Waals surface area (Å²) >= 11 is 0. The summed E-state index contributed by atoms with van der Waals surface area (Å²) in [4.78, 5) is 17.9. The summed E-state index contributed by atoms with van der Waals surface area (Å²) in [5.74, 6) is 0.763. The van der Waals surface area contributed by atoms with Gasteiger partial charge >= 0.3 is 6.09 Å². The lowest BCUT2D eigenvalue weighted by molar-refractivity contribution is 0.0529. The normalized spacial score (nSPS) is 12.2. The lowest BCUT2D eigenvalue weighted by Gasteiger charge is -2.19. The highest BCUT2D eigenvalue weighted by atomic mass is 16.6. The Labute approximate surface area is 154 Å². The van der Waals surface area contributed by atoms with Crippen LogP contribution in [0.5, 0.6) is 0 Å². The van der Waals surface area contributed by atoms with Gasteiger partial charge in [-0.15, -0.1) is 0 Å². The van der Waals surface area contributed by atoms with E-state index >= 15 is 0 Å². The van der Waals surface area contributed by atoms with E-state index in [-0.39, 0.29) is 0 Å². The molecule has 0 aliphatic heterocycles. The van der Waals surface area contributed by atoms with Crippen LogP contribution in [0.4, 0.5) is 4.79 Å². The van der Waals surface area contributed by atoms with Crippen LogP contribution < -0.4 is 16.0 Å². The zero-order valence-corrected chi connectivity index (χ0v) is 17.1. The van der Waals surface area contributed by atoms with Crippen LogP contribution in [-0.2, 0) is 4.74 Å². The smallest absolute Gasteiger partial charge is 0.407 e. The molecule has 0 radical (unpaired) electrons. The zero-order chi connectivity index (χ0) is 19.1. The first-order valence-corrected chi connectivity index (χ1v) is 9.30. The van der Waals surface area contributed by atoms with E-state index in [9.17, 15) is 4.79 Å². The number of nitrogens with zero attached hydrogens (tertiary/aromatic N) is 2. The maximum absolute atomic E-state index is 11.5. The van der Waals surface area contributed by atoms with Gasteiger partial charge in [-0.05, 0) is 54.3 Å². The maximum atomic E-state index is 11.5. The van der Waals surface area contributed by atoms with Gasteiger partial charge in [-0.3, -0.25) is 4.99 Å². The molecular formula is C18H39N5O2. The first-order valence-electron chi connectivity index (χ1n) is 9.30. The Morgan fingerprint density at radius 2 is 1.48 bits per heavy atom. The van der Waals surface area contributed by atoms with Crippen molar-refractivity contribution in [3.8, 4) is 0 Å². The van der Waals surface area contributed by atoms with Crippen molar-refractivity contribution in [3.05, 3.63) is 0 Å². The van der Waals surface area contributed by atoms with Crippen molar-refractivity contribution in [1.29, 1.82) is 0 Å². The molecule has 0 unspecified atom stereocenters. The molecule has 7 nitrogen and oxygen atoms in total. The molecule has 0 spiro atoms. The molecule has 0 saturated carbocycles. The Balaban J connectivity index is 3.59. The Hall–Kier alpha value is -1.50. The number of alkyl carbamates (subject to hydrolysis) is 1. The summed E-state index contributed by atoms with van der Waals surface area (Å²) in [7, 11) is 5.98. The summed E-state index contributed by atoms with van der Waals surface area (Å²) in [5, 5.41) is 9.18. The highest BCUT2D eigenvalue weighted by molar-refractivity contribution is 5.79. The number of hydrogen-bond acceptors (Lipinski definition) is 4. The number of guanidine groups is 1. The highest BCUT2D eigenvalue weighted by Crippen LogP contribution is 2.06. The van der Waals surface area contributed by atoms with Crippen molar-refractivity contribution in [2.24, 2.45) is 4.99 Å². The van der Waals surface area contributed by atoms with Gasteiger partial charge in [0.15, 0.2) is 5.96 Å². The SMILES string of the molecule is CN=C(NCCCCCCCN(C)C)NCCNC(=O)OC(C)(C)C. The van der Waals surface area contributed by atoms with Crippen LogP contribution in [-0.4, -0.2) is 69.9 Å². The number of rotatable bonds is 11. The van der Waals surface area contributed by atoms with Gasteiger partial charge in [-0.2, -0.15) is 0 Å². The summed E-state index contributed by atoms with van der Waals surface area (Å²) in [5.41, 5.74) is -0.471. The van der Waals surface area contributed by atoms with Crippen molar-refractivity contribution in [3.63, 3.8) is 0 Å². The number of carbonyl (C=O) groups excluding carboxylic acids is 1. The van der Waals surface area contributed by atoms with E-state index in [1.807, 2.05) is 20.8 Å².